The molecule has 2 aliphatic heterocycles. The van der Waals surface area contributed by atoms with Crippen LogP contribution in [-0.4, -0.2) is 59.8 Å². The molecular formula is C19H23N3O4S. The van der Waals surface area contributed by atoms with Crippen LogP contribution >= 0.6 is 0 Å². The highest BCUT2D eigenvalue weighted by Crippen LogP contribution is 2.32. The van der Waals surface area contributed by atoms with Gasteiger partial charge in [0.15, 0.2) is 11.5 Å². The van der Waals surface area contributed by atoms with Crippen LogP contribution in [0.3, 0.4) is 0 Å². The van der Waals surface area contributed by atoms with Gasteiger partial charge >= 0.3 is 0 Å². The van der Waals surface area contributed by atoms with Crippen molar-refractivity contribution in [3.05, 3.63) is 42.5 Å². The van der Waals surface area contributed by atoms with E-state index in [9.17, 15) is 8.42 Å². The van der Waals surface area contributed by atoms with Gasteiger partial charge in [0.1, 0.15) is 13.2 Å². The van der Waals surface area contributed by atoms with Crippen LogP contribution < -0.4 is 19.1 Å². The Balaban J connectivity index is 1.48. The molecule has 0 saturated carbocycles. The molecule has 0 bridgehead atoms. The first-order valence-electron chi connectivity index (χ1n) is 8.97. The zero-order chi connectivity index (χ0) is 18.9. The Bertz CT molecular complexity index is 907. The summed E-state index contributed by atoms with van der Waals surface area (Å²) < 4.78 is 38.9. The van der Waals surface area contributed by atoms with Crippen LogP contribution in [0.2, 0.25) is 0 Å². The number of nitrogens with one attached hydrogen (secondary N) is 1. The summed E-state index contributed by atoms with van der Waals surface area (Å²) in [4.78, 5) is 4.75. The van der Waals surface area contributed by atoms with E-state index < -0.39 is 10.0 Å². The Labute approximate surface area is 159 Å². The highest BCUT2D eigenvalue weighted by molar-refractivity contribution is 7.92. The van der Waals surface area contributed by atoms with Gasteiger partial charge in [0.05, 0.1) is 4.90 Å². The fourth-order valence-corrected chi connectivity index (χ4v) is 4.28. The Morgan fingerprint density at radius 3 is 2.26 bits per heavy atom. The van der Waals surface area contributed by atoms with Crippen LogP contribution in [0.15, 0.2) is 47.4 Å². The van der Waals surface area contributed by atoms with Crippen LogP contribution in [0, 0.1) is 0 Å². The maximum Gasteiger partial charge on any atom is 0.262 e. The molecule has 0 unspecified atom stereocenters. The molecule has 0 spiro atoms. The van der Waals surface area contributed by atoms with Crippen molar-refractivity contribution in [2.45, 2.75) is 4.90 Å². The topological polar surface area (TPSA) is 71.1 Å². The number of hydrogen-bond acceptors (Lipinski definition) is 6. The number of fused-ring (bicyclic) bond motifs is 1. The molecule has 27 heavy (non-hydrogen) atoms. The lowest BCUT2D eigenvalue weighted by Gasteiger charge is -2.34. The second kappa shape index (κ2) is 7.28. The molecule has 4 rings (SSSR count). The third-order valence-corrected chi connectivity index (χ3v) is 6.19. The maximum absolute atomic E-state index is 12.7. The predicted octanol–water partition coefficient (Wildman–Crippen LogP) is 2.01. The van der Waals surface area contributed by atoms with E-state index in [-0.39, 0.29) is 4.90 Å². The molecule has 1 N–H and O–H groups in total. The minimum absolute atomic E-state index is 0.148. The van der Waals surface area contributed by atoms with Crippen molar-refractivity contribution in [2.75, 3.05) is 56.1 Å². The monoisotopic (exact) mass is 389 g/mol. The number of anilines is 2. The fourth-order valence-electron chi connectivity index (χ4n) is 3.21. The lowest BCUT2D eigenvalue weighted by Crippen LogP contribution is -2.44. The first-order valence-corrected chi connectivity index (χ1v) is 10.5. The van der Waals surface area contributed by atoms with E-state index in [1.54, 1.807) is 18.2 Å². The van der Waals surface area contributed by atoms with Gasteiger partial charge in [0.2, 0.25) is 0 Å². The summed E-state index contributed by atoms with van der Waals surface area (Å²) >= 11 is 0. The van der Waals surface area contributed by atoms with Crippen LogP contribution in [0.25, 0.3) is 0 Å². The molecule has 1 fully saturated rings. The molecular weight excluding hydrogens is 366 g/mol. The Morgan fingerprint density at radius 2 is 1.56 bits per heavy atom. The average molecular weight is 389 g/mol. The Hall–Kier alpha value is -2.45. The first-order chi connectivity index (χ1) is 13.0. The summed E-state index contributed by atoms with van der Waals surface area (Å²) in [5.74, 6) is 1.02. The second-order valence-electron chi connectivity index (χ2n) is 6.75. The van der Waals surface area contributed by atoms with Crippen LogP contribution in [0.4, 0.5) is 11.4 Å². The quantitative estimate of drug-likeness (QED) is 0.863. The van der Waals surface area contributed by atoms with E-state index in [1.807, 2.05) is 12.1 Å². The standard InChI is InChI=1S/C19H23N3O4S/c1-21-8-10-22(11-9-21)16-4-2-15(3-5-16)20-27(23,24)17-6-7-18-19(14-17)26-13-12-25-18/h2-7,14,20H,8-13H2,1H3. The molecule has 2 aliphatic rings. The number of benzene rings is 2. The largest absolute Gasteiger partial charge is 0.486 e. The SMILES string of the molecule is CN1CCN(c2ccc(NS(=O)(=O)c3ccc4c(c3)OCCO4)cc2)CC1. The maximum atomic E-state index is 12.7. The number of hydrogen-bond donors (Lipinski definition) is 1. The zero-order valence-electron chi connectivity index (χ0n) is 15.2. The molecule has 2 heterocycles. The van der Waals surface area contributed by atoms with Gasteiger partial charge in [-0.25, -0.2) is 8.42 Å². The molecule has 2 aromatic rings. The van der Waals surface area contributed by atoms with E-state index in [1.165, 1.54) is 12.1 Å². The second-order valence-corrected chi connectivity index (χ2v) is 8.43. The van der Waals surface area contributed by atoms with Gasteiger partial charge in [-0.1, -0.05) is 0 Å². The molecule has 8 heteroatoms. The molecule has 0 aromatic heterocycles. The third-order valence-electron chi connectivity index (χ3n) is 4.81. The molecule has 0 aliphatic carbocycles. The van der Waals surface area contributed by atoms with Crippen molar-refractivity contribution in [3.63, 3.8) is 0 Å². The number of likely N-dealkylation sites (N-methyl/N-ethyl adjacent to an activating group) is 1. The Kier molecular flexibility index (Phi) is 4.84. The van der Waals surface area contributed by atoms with Crippen molar-refractivity contribution in [1.82, 2.24) is 4.90 Å². The summed E-state index contributed by atoms with van der Waals surface area (Å²) in [6.07, 6.45) is 0. The van der Waals surface area contributed by atoms with Crippen LogP contribution in [0.1, 0.15) is 0 Å². The van der Waals surface area contributed by atoms with E-state index in [0.29, 0.717) is 30.4 Å². The third kappa shape index (κ3) is 3.96. The lowest BCUT2D eigenvalue weighted by atomic mass is 10.2. The first kappa shape index (κ1) is 17.9. The van der Waals surface area contributed by atoms with Crippen molar-refractivity contribution in [3.8, 4) is 11.5 Å². The molecule has 0 atom stereocenters. The van der Waals surface area contributed by atoms with E-state index in [2.05, 4.69) is 21.6 Å². The van der Waals surface area contributed by atoms with Gasteiger partial charge in [-0.05, 0) is 43.4 Å². The van der Waals surface area contributed by atoms with Gasteiger partial charge in [-0.15, -0.1) is 0 Å². The highest BCUT2D eigenvalue weighted by Gasteiger charge is 2.20. The lowest BCUT2D eigenvalue weighted by molar-refractivity contribution is 0.171. The van der Waals surface area contributed by atoms with Gasteiger partial charge in [0, 0.05) is 43.6 Å². The van der Waals surface area contributed by atoms with E-state index in [0.717, 1.165) is 31.9 Å². The molecule has 144 valence electrons. The summed E-state index contributed by atoms with van der Waals surface area (Å²) in [5, 5.41) is 0. The van der Waals surface area contributed by atoms with Crippen molar-refractivity contribution in [2.24, 2.45) is 0 Å². The summed E-state index contributed by atoms with van der Waals surface area (Å²) in [5.41, 5.74) is 1.63. The molecule has 0 radical (unpaired) electrons. The minimum atomic E-state index is -3.70. The van der Waals surface area contributed by atoms with Crippen LogP contribution in [0.5, 0.6) is 11.5 Å². The number of rotatable bonds is 4. The number of sulfonamides is 1. The molecule has 7 nitrogen and oxygen atoms in total. The van der Waals surface area contributed by atoms with Gasteiger partial charge in [0.25, 0.3) is 10.0 Å². The Morgan fingerprint density at radius 1 is 0.889 bits per heavy atom. The molecule has 0 amide bonds. The minimum Gasteiger partial charge on any atom is -0.486 e. The van der Waals surface area contributed by atoms with E-state index >= 15 is 0 Å². The van der Waals surface area contributed by atoms with Crippen molar-refractivity contribution >= 4 is 21.4 Å². The van der Waals surface area contributed by atoms with Crippen LogP contribution in [-0.2, 0) is 10.0 Å². The number of ether oxygens (including phenoxy) is 2. The summed E-state index contributed by atoms with van der Waals surface area (Å²) in [7, 11) is -1.58. The summed E-state index contributed by atoms with van der Waals surface area (Å²) in [6.45, 7) is 4.88. The van der Waals surface area contributed by atoms with Gasteiger partial charge in [-0.3, -0.25) is 4.72 Å². The molecule has 2 aromatic carbocycles. The van der Waals surface area contributed by atoms with Crippen molar-refractivity contribution < 1.29 is 17.9 Å². The van der Waals surface area contributed by atoms with Gasteiger partial charge < -0.3 is 19.3 Å². The molecule has 1 saturated heterocycles. The normalized spacial score (nSPS) is 17.6. The highest BCUT2D eigenvalue weighted by atomic mass is 32.2. The number of nitrogens with zero attached hydrogens (tertiary/aromatic N) is 2. The predicted molar refractivity (Wildman–Crippen MR) is 104 cm³/mol. The number of piperazine rings is 1. The zero-order valence-corrected chi connectivity index (χ0v) is 16.0. The average Bonchev–Trinajstić information content (AvgIpc) is 2.68. The van der Waals surface area contributed by atoms with Gasteiger partial charge in [-0.2, -0.15) is 0 Å². The fraction of sp³-hybridized carbons (Fsp3) is 0.368. The van der Waals surface area contributed by atoms with Crippen molar-refractivity contribution in [1.29, 1.82) is 0 Å². The summed E-state index contributed by atoms with van der Waals surface area (Å²) in [6, 6.07) is 12.1. The van der Waals surface area contributed by atoms with E-state index in [4.69, 9.17) is 9.47 Å². The smallest absolute Gasteiger partial charge is 0.262 e.